The molecule has 0 radical (unpaired) electrons. The van der Waals surface area contributed by atoms with E-state index in [0.717, 1.165) is 5.56 Å². The summed E-state index contributed by atoms with van der Waals surface area (Å²) in [5.41, 5.74) is 8.18. The topological polar surface area (TPSA) is 77.2 Å². The van der Waals surface area contributed by atoms with Crippen LogP contribution in [0.15, 0.2) is 42.7 Å². The molecular formula is C14H15N3O2. The second-order valence-corrected chi connectivity index (χ2v) is 4.05. The van der Waals surface area contributed by atoms with Crippen LogP contribution in [-0.4, -0.2) is 18.0 Å². The molecule has 5 nitrogen and oxygen atoms in total. The number of carbonyl (C=O) groups is 1. The number of pyridine rings is 1. The van der Waals surface area contributed by atoms with Crippen molar-refractivity contribution in [2.24, 2.45) is 0 Å². The van der Waals surface area contributed by atoms with Crippen molar-refractivity contribution in [1.82, 2.24) is 4.98 Å². The average Bonchev–Trinajstić information content (AvgIpc) is 2.40. The maximum Gasteiger partial charge on any atom is 0.259 e. The van der Waals surface area contributed by atoms with E-state index in [9.17, 15) is 4.79 Å². The minimum atomic E-state index is -0.278. The number of hydrogen-bond donors (Lipinski definition) is 2. The molecule has 0 atom stereocenters. The Hall–Kier alpha value is -2.40. The van der Waals surface area contributed by atoms with E-state index in [0.29, 0.717) is 23.5 Å². The third-order valence-corrected chi connectivity index (χ3v) is 2.60. The quantitative estimate of drug-likeness (QED) is 0.879. The van der Waals surface area contributed by atoms with E-state index < -0.39 is 0 Å². The lowest BCUT2D eigenvalue weighted by molar-refractivity contribution is 0.102. The third kappa shape index (κ3) is 3.29. The predicted octanol–water partition coefficient (Wildman–Crippen LogP) is 2.06. The fraction of sp³-hybridized carbons (Fsp3) is 0.143. The number of carbonyl (C=O) groups excluding carboxylic acids is 1. The Bertz CT molecular complexity index is 584. The van der Waals surface area contributed by atoms with Gasteiger partial charge in [-0.1, -0.05) is 12.1 Å². The molecule has 1 aromatic heterocycles. The van der Waals surface area contributed by atoms with Crippen molar-refractivity contribution < 1.29 is 9.53 Å². The Kier molecular flexibility index (Phi) is 4.10. The zero-order valence-electron chi connectivity index (χ0n) is 10.6. The SMILES string of the molecule is COCc1cccc(NC(=O)c2cnccc2N)c1. The smallest absolute Gasteiger partial charge is 0.259 e. The molecule has 19 heavy (non-hydrogen) atoms. The first-order valence-electron chi connectivity index (χ1n) is 5.79. The normalized spacial score (nSPS) is 10.2. The molecule has 0 aliphatic carbocycles. The highest BCUT2D eigenvalue weighted by atomic mass is 16.5. The average molecular weight is 257 g/mol. The van der Waals surface area contributed by atoms with Gasteiger partial charge in [0.05, 0.1) is 12.2 Å². The minimum absolute atomic E-state index is 0.278. The van der Waals surface area contributed by atoms with Crippen LogP contribution in [0.25, 0.3) is 0 Å². The largest absolute Gasteiger partial charge is 0.398 e. The summed E-state index contributed by atoms with van der Waals surface area (Å²) in [5.74, 6) is -0.278. The lowest BCUT2D eigenvalue weighted by Gasteiger charge is -2.08. The van der Waals surface area contributed by atoms with Gasteiger partial charge in [0, 0.05) is 30.9 Å². The van der Waals surface area contributed by atoms with Crippen LogP contribution in [0.4, 0.5) is 11.4 Å². The van der Waals surface area contributed by atoms with Crippen molar-refractivity contribution in [3.63, 3.8) is 0 Å². The van der Waals surface area contributed by atoms with Crippen molar-refractivity contribution in [3.05, 3.63) is 53.9 Å². The summed E-state index contributed by atoms with van der Waals surface area (Å²) in [4.78, 5) is 15.9. The molecule has 2 aromatic rings. The summed E-state index contributed by atoms with van der Waals surface area (Å²) in [6.45, 7) is 0.499. The fourth-order valence-corrected chi connectivity index (χ4v) is 1.70. The van der Waals surface area contributed by atoms with Crippen LogP contribution < -0.4 is 11.1 Å². The number of nitrogens with two attached hydrogens (primary N) is 1. The maximum absolute atomic E-state index is 12.0. The first-order chi connectivity index (χ1) is 9.20. The molecule has 2 rings (SSSR count). The van der Waals surface area contributed by atoms with E-state index in [2.05, 4.69) is 10.3 Å². The van der Waals surface area contributed by atoms with Crippen LogP contribution in [-0.2, 0) is 11.3 Å². The van der Waals surface area contributed by atoms with Gasteiger partial charge in [0.1, 0.15) is 0 Å². The highest BCUT2D eigenvalue weighted by molar-refractivity contribution is 6.07. The van der Waals surface area contributed by atoms with Crippen molar-refractivity contribution in [1.29, 1.82) is 0 Å². The van der Waals surface area contributed by atoms with Gasteiger partial charge in [-0.3, -0.25) is 9.78 Å². The summed E-state index contributed by atoms with van der Waals surface area (Å²) in [6.07, 6.45) is 3.00. The molecule has 3 N–H and O–H groups in total. The van der Waals surface area contributed by atoms with Gasteiger partial charge in [-0.2, -0.15) is 0 Å². The number of ether oxygens (including phenoxy) is 1. The van der Waals surface area contributed by atoms with Gasteiger partial charge in [-0.15, -0.1) is 0 Å². The molecule has 1 aromatic carbocycles. The molecule has 0 aliphatic heterocycles. The molecule has 98 valence electrons. The van der Waals surface area contributed by atoms with E-state index in [1.165, 1.54) is 6.20 Å². The summed E-state index contributed by atoms with van der Waals surface area (Å²) in [7, 11) is 1.63. The number of benzene rings is 1. The van der Waals surface area contributed by atoms with Crippen LogP contribution in [0, 0.1) is 0 Å². The van der Waals surface area contributed by atoms with Crippen molar-refractivity contribution in [2.75, 3.05) is 18.2 Å². The van der Waals surface area contributed by atoms with Crippen LogP contribution in [0.1, 0.15) is 15.9 Å². The maximum atomic E-state index is 12.0. The van der Waals surface area contributed by atoms with Crippen LogP contribution in [0.2, 0.25) is 0 Å². The van der Waals surface area contributed by atoms with Crippen molar-refractivity contribution in [3.8, 4) is 0 Å². The fourth-order valence-electron chi connectivity index (χ4n) is 1.70. The van der Waals surface area contributed by atoms with Crippen LogP contribution in [0.3, 0.4) is 0 Å². The number of nitrogens with zero attached hydrogens (tertiary/aromatic N) is 1. The second-order valence-electron chi connectivity index (χ2n) is 4.05. The van der Waals surface area contributed by atoms with E-state index in [1.807, 2.05) is 24.3 Å². The third-order valence-electron chi connectivity index (χ3n) is 2.60. The Balaban J connectivity index is 2.15. The minimum Gasteiger partial charge on any atom is -0.398 e. The molecule has 0 bridgehead atoms. The number of anilines is 2. The summed E-state index contributed by atoms with van der Waals surface area (Å²) < 4.78 is 5.05. The van der Waals surface area contributed by atoms with E-state index in [1.54, 1.807) is 19.4 Å². The number of hydrogen-bond acceptors (Lipinski definition) is 4. The number of rotatable bonds is 4. The van der Waals surface area contributed by atoms with Crippen molar-refractivity contribution in [2.45, 2.75) is 6.61 Å². The standard InChI is InChI=1S/C14H15N3O2/c1-19-9-10-3-2-4-11(7-10)17-14(18)12-8-16-6-5-13(12)15/h2-8H,9H2,1H3,(H2,15,16)(H,17,18). The Morgan fingerprint density at radius 3 is 3.00 bits per heavy atom. The predicted molar refractivity (Wildman–Crippen MR) is 73.8 cm³/mol. The molecule has 5 heteroatoms. The lowest BCUT2D eigenvalue weighted by Crippen LogP contribution is -2.14. The van der Waals surface area contributed by atoms with Crippen molar-refractivity contribution >= 4 is 17.3 Å². The Morgan fingerprint density at radius 1 is 1.42 bits per heavy atom. The van der Waals surface area contributed by atoms with E-state index in [-0.39, 0.29) is 5.91 Å². The lowest BCUT2D eigenvalue weighted by atomic mass is 10.2. The highest BCUT2D eigenvalue weighted by Gasteiger charge is 2.09. The summed E-state index contributed by atoms with van der Waals surface area (Å²) in [6, 6.07) is 9.04. The first-order valence-corrected chi connectivity index (χ1v) is 5.79. The first kappa shape index (κ1) is 13.0. The number of nitrogens with one attached hydrogen (secondary N) is 1. The van der Waals surface area contributed by atoms with E-state index >= 15 is 0 Å². The highest BCUT2D eigenvalue weighted by Crippen LogP contribution is 2.15. The Morgan fingerprint density at radius 2 is 2.26 bits per heavy atom. The number of methoxy groups -OCH3 is 1. The molecule has 0 unspecified atom stereocenters. The molecular weight excluding hydrogens is 242 g/mol. The molecule has 1 heterocycles. The zero-order valence-corrected chi connectivity index (χ0v) is 10.6. The molecule has 0 aliphatic rings. The van der Waals surface area contributed by atoms with Crippen LogP contribution >= 0.6 is 0 Å². The van der Waals surface area contributed by atoms with Gasteiger partial charge >= 0.3 is 0 Å². The van der Waals surface area contributed by atoms with Crippen LogP contribution in [0.5, 0.6) is 0 Å². The molecule has 0 spiro atoms. The number of nitrogen functional groups attached to an aromatic ring is 1. The summed E-state index contributed by atoms with van der Waals surface area (Å²) in [5, 5.41) is 2.78. The van der Waals surface area contributed by atoms with Gasteiger partial charge in [0.2, 0.25) is 0 Å². The molecule has 1 amide bonds. The van der Waals surface area contributed by atoms with Gasteiger partial charge in [-0.05, 0) is 23.8 Å². The molecule has 0 saturated heterocycles. The second kappa shape index (κ2) is 5.97. The van der Waals surface area contributed by atoms with Gasteiger partial charge in [-0.25, -0.2) is 0 Å². The van der Waals surface area contributed by atoms with Gasteiger partial charge in [0.15, 0.2) is 0 Å². The Labute approximate surface area is 111 Å². The van der Waals surface area contributed by atoms with Gasteiger partial charge in [0.25, 0.3) is 5.91 Å². The number of amides is 1. The summed E-state index contributed by atoms with van der Waals surface area (Å²) >= 11 is 0. The number of aromatic nitrogens is 1. The monoisotopic (exact) mass is 257 g/mol. The zero-order chi connectivity index (χ0) is 13.7. The van der Waals surface area contributed by atoms with Gasteiger partial charge < -0.3 is 15.8 Å². The van der Waals surface area contributed by atoms with E-state index in [4.69, 9.17) is 10.5 Å². The molecule has 0 fully saturated rings. The molecule has 0 saturated carbocycles.